The van der Waals surface area contributed by atoms with Crippen LogP contribution in [0.3, 0.4) is 0 Å². The molecule has 1 aliphatic rings. The number of nitrogens with zero attached hydrogens (tertiary/aromatic N) is 1. The van der Waals surface area contributed by atoms with Crippen molar-refractivity contribution < 1.29 is 19.4 Å². The topological polar surface area (TPSA) is 82.6 Å². The Labute approximate surface area is 217 Å². The number of H-pyrrole nitrogens is 1. The van der Waals surface area contributed by atoms with Gasteiger partial charge in [-0.25, -0.2) is 0 Å². The molecule has 1 amide bonds. The summed E-state index contributed by atoms with van der Waals surface area (Å²) in [4.78, 5) is 31.3. The number of aliphatic hydroxyl groups is 1. The number of aromatic amines is 1. The van der Waals surface area contributed by atoms with Crippen molar-refractivity contribution in [3.63, 3.8) is 0 Å². The molecule has 0 aliphatic carbocycles. The number of hydrogen-bond acceptors (Lipinski definition) is 4. The van der Waals surface area contributed by atoms with Crippen molar-refractivity contribution in [3.05, 3.63) is 105 Å². The SMILES string of the molecule is COc1ccc(/C(O)=C2\C(=O)C(=O)N(CCc3c[nH]c4ccccc34)C2c2ccc(Cl)cc2Cl)cc1. The zero-order valence-electron chi connectivity index (χ0n) is 19.3. The first kappa shape index (κ1) is 24.0. The molecule has 0 spiro atoms. The highest BCUT2D eigenvalue weighted by molar-refractivity contribution is 6.47. The number of methoxy groups -OCH3 is 1. The number of likely N-dealkylation sites (tertiary alicyclic amines) is 1. The van der Waals surface area contributed by atoms with Gasteiger partial charge in [-0.1, -0.05) is 47.5 Å². The van der Waals surface area contributed by atoms with E-state index in [1.54, 1.807) is 42.5 Å². The fourth-order valence-corrected chi connectivity index (χ4v) is 5.15. The quantitative estimate of drug-likeness (QED) is 0.181. The van der Waals surface area contributed by atoms with Crippen molar-refractivity contribution in [1.82, 2.24) is 9.88 Å². The molecule has 2 N–H and O–H groups in total. The summed E-state index contributed by atoms with van der Waals surface area (Å²) in [6, 6.07) is 18.5. The third kappa shape index (κ3) is 4.23. The molecule has 182 valence electrons. The molecule has 36 heavy (non-hydrogen) atoms. The first-order valence-corrected chi connectivity index (χ1v) is 12.1. The van der Waals surface area contributed by atoms with E-state index in [-0.39, 0.29) is 17.9 Å². The molecule has 0 saturated carbocycles. The van der Waals surface area contributed by atoms with E-state index in [1.807, 2.05) is 30.5 Å². The molecule has 1 unspecified atom stereocenters. The largest absolute Gasteiger partial charge is 0.507 e. The van der Waals surface area contributed by atoms with Gasteiger partial charge < -0.3 is 19.7 Å². The number of aliphatic hydroxyl groups excluding tert-OH is 1. The summed E-state index contributed by atoms with van der Waals surface area (Å²) in [6.45, 7) is 0.245. The van der Waals surface area contributed by atoms with Crippen LogP contribution in [0.25, 0.3) is 16.7 Å². The Bertz CT molecular complexity index is 1510. The van der Waals surface area contributed by atoms with Crippen molar-refractivity contribution in [2.45, 2.75) is 12.5 Å². The second-order valence-electron chi connectivity index (χ2n) is 8.50. The average molecular weight is 521 g/mol. The molecule has 8 heteroatoms. The van der Waals surface area contributed by atoms with Crippen LogP contribution in [0.1, 0.15) is 22.7 Å². The van der Waals surface area contributed by atoms with E-state index in [9.17, 15) is 14.7 Å². The Morgan fingerprint density at radius 1 is 1.06 bits per heavy atom. The summed E-state index contributed by atoms with van der Waals surface area (Å²) in [6.07, 6.45) is 2.41. The maximum absolute atomic E-state index is 13.3. The molecule has 1 saturated heterocycles. The summed E-state index contributed by atoms with van der Waals surface area (Å²) in [5.41, 5.74) is 2.89. The summed E-state index contributed by atoms with van der Waals surface area (Å²) in [7, 11) is 1.54. The minimum absolute atomic E-state index is 0.0201. The molecular weight excluding hydrogens is 499 g/mol. The number of nitrogens with one attached hydrogen (secondary N) is 1. The Balaban J connectivity index is 1.58. The number of amides is 1. The van der Waals surface area contributed by atoms with Gasteiger partial charge in [0, 0.05) is 39.3 Å². The molecule has 1 atom stereocenters. The lowest BCUT2D eigenvalue weighted by molar-refractivity contribution is -0.139. The van der Waals surface area contributed by atoms with Crippen LogP contribution in [0.15, 0.2) is 78.5 Å². The zero-order valence-corrected chi connectivity index (χ0v) is 20.8. The average Bonchev–Trinajstić information content (AvgIpc) is 3.41. The van der Waals surface area contributed by atoms with Crippen molar-refractivity contribution in [2.24, 2.45) is 0 Å². The van der Waals surface area contributed by atoms with E-state index in [2.05, 4.69) is 4.98 Å². The third-order valence-electron chi connectivity index (χ3n) is 6.46. The summed E-state index contributed by atoms with van der Waals surface area (Å²) in [5.74, 6) is -1.14. The van der Waals surface area contributed by atoms with Crippen molar-refractivity contribution in [1.29, 1.82) is 0 Å². The number of benzene rings is 3. The molecular formula is C28H22Cl2N2O4. The smallest absolute Gasteiger partial charge is 0.295 e. The van der Waals surface area contributed by atoms with Gasteiger partial charge >= 0.3 is 0 Å². The maximum Gasteiger partial charge on any atom is 0.295 e. The summed E-state index contributed by atoms with van der Waals surface area (Å²) < 4.78 is 5.19. The zero-order chi connectivity index (χ0) is 25.4. The Morgan fingerprint density at radius 2 is 1.81 bits per heavy atom. The molecule has 2 heterocycles. The van der Waals surface area contributed by atoms with Crippen LogP contribution in [-0.4, -0.2) is 40.3 Å². The molecule has 1 fully saturated rings. The van der Waals surface area contributed by atoms with Gasteiger partial charge in [-0.05, 0) is 60.0 Å². The number of carbonyl (C=O) groups is 2. The van der Waals surface area contributed by atoms with Gasteiger partial charge in [0.05, 0.1) is 18.7 Å². The molecule has 1 aromatic heterocycles. The van der Waals surface area contributed by atoms with Crippen molar-refractivity contribution in [2.75, 3.05) is 13.7 Å². The van der Waals surface area contributed by atoms with Crippen LogP contribution < -0.4 is 4.74 Å². The lowest BCUT2D eigenvalue weighted by atomic mass is 9.95. The first-order valence-electron chi connectivity index (χ1n) is 11.3. The van der Waals surface area contributed by atoms with Gasteiger partial charge in [0.2, 0.25) is 0 Å². The van der Waals surface area contributed by atoms with Crippen LogP contribution in [0.2, 0.25) is 10.0 Å². The predicted molar refractivity (Wildman–Crippen MR) is 140 cm³/mol. The second-order valence-corrected chi connectivity index (χ2v) is 9.34. The molecule has 0 radical (unpaired) electrons. The predicted octanol–water partition coefficient (Wildman–Crippen LogP) is 6.15. The number of fused-ring (bicyclic) bond motifs is 1. The molecule has 5 rings (SSSR count). The van der Waals surface area contributed by atoms with E-state index < -0.39 is 17.7 Å². The summed E-state index contributed by atoms with van der Waals surface area (Å²) in [5, 5.41) is 13.0. The molecule has 0 bridgehead atoms. The molecule has 3 aromatic carbocycles. The van der Waals surface area contributed by atoms with Crippen LogP contribution in [0.4, 0.5) is 0 Å². The number of ether oxygens (including phenoxy) is 1. The number of ketones is 1. The van der Waals surface area contributed by atoms with Gasteiger partial charge in [-0.2, -0.15) is 0 Å². The van der Waals surface area contributed by atoms with Gasteiger partial charge in [-0.15, -0.1) is 0 Å². The van der Waals surface area contributed by atoms with Crippen LogP contribution in [-0.2, 0) is 16.0 Å². The number of rotatable bonds is 6. The van der Waals surface area contributed by atoms with Crippen LogP contribution in [0.5, 0.6) is 5.75 Å². The van der Waals surface area contributed by atoms with Crippen molar-refractivity contribution in [3.8, 4) is 5.75 Å². The molecule has 1 aliphatic heterocycles. The molecule has 6 nitrogen and oxygen atoms in total. The standard InChI is InChI=1S/C28H22Cl2N2O4/c1-36-19-9-6-16(7-10-19)26(33)24-25(21-11-8-18(29)14-22(21)30)32(28(35)27(24)34)13-12-17-15-31-23-5-3-2-4-20(17)23/h2-11,14-15,25,31,33H,12-13H2,1H3/b26-24+. The Morgan fingerprint density at radius 3 is 2.53 bits per heavy atom. The van der Waals surface area contributed by atoms with Crippen molar-refractivity contribution >= 4 is 51.6 Å². The first-order chi connectivity index (χ1) is 17.4. The lowest BCUT2D eigenvalue weighted by Crippen LogP contribution is -2.31. The fraction of sp³-hybridized carbons (Fsp3) is 0.143. The van der Waals surface area contributed by atoms with E-state index >= 15 is 0 Å². The van der Waals surface area contributed by atoms with E-state index in [0.29, 0.717) is 33.3 Å². The van der Waals surface area contributed by atoms with Gasteiger partial charge in [0.25, 0.3) is 11.7 Å². The van der Waals surface area contributed by atoms with Crippen LogP contribution >= 0.6 is 23.2 Å². The number of carbonyl (C=O) groups excluding carboxylic acids is 2. The highest BCUT2D eigenvalue weighted by atomic mass is 35.5. The van der Waals surface area contributed by atoms with Gasteiger partial charge in [0.1, 0.15) is 11.5 Å². The summed E-state index contributed by atoms with van der Waals surface area (Å²) >= 11 is 12.7. The Hall–Kier alpha value is -3.74. The highest BCUT2D eigenvalue weighted by Gasteiger charge is 2.46. The van der Waals surface area contributed by atoms with E-state index in [0.717, 1.165) is 16.5 Å². The fourth-order valence-electron chi connectivity index (χ4n) is 4.64. The normalized spacial score (nSPS) is 17.2. The maximum atomic E-state index is 13.3. The number of para-hydroxylation sites is 1. The minimum Gasteiger partial charge on any atom is -0.507 e. The van der Waals surface area contributed by atoms with Crippen LogP contribution in [0, 0.1) is 0 Å². The Kier molecular flexibility index (Phi) is 6.48. The number of hydrogen-bond donors (Lipinski definition) is 2. The van der Waals surface area contributed by atoms with E-state index in [4.69, 9.17) is 27.9 Å². The van der Waals surface area contributed by atoms with Gasteiger partial charge in [0.15, 0.2) is 0 Å². The van der Waals surface area contributed by atoms with E-state index in [1.165, 1.54) is 12.0 Å². The molecule has 4 aromatic rings. The number of halogens is 2. The third-order valence-corrected chi connectivity index (χ3v) is 7.02. The number of aromatic nitrogens is 1. The minimum atomic E-state index is -0.873. The second kappa shape index (κ2) is 9.72. The number of Topliss-reactive ketones (excluding diaryl/α,β-unsaturated/α-hetero) is 1. The monoisotopic (exact) mass is 520 g/mol. The van der Waals surface area contributed by atoms with Gasteiger partial charge in [-0.3, -0.25) is 9.59 Å². The lowest BCUT2D eigenvalue weighted by Gasteiger charge is -2.26. The highest BCUT2D eigenvalue weighted by Crippen LogP contribution is 2.42.